The first kappa shape index (κ1) is 16.8. The standard InChI is InChI=1S/C19H20N2O4/c22-17-9-5-4-8-16(17)18(23)21-12-10-14(11-13-21)20-19(24)25-15-6-2-1-3-7-15/h1-9,14,22H,10-13H2,(H,20,24). The highest BCUT2D eigenvalue weighted by Gasteiger charge is 2.26. The zero-order chi connectivity index (χ0) is 17.6. The van der Waals surface area contributed by atoms with Crippen molar-refractivity contribution in [1.82, 2.24) is 10.2 Å². The molecule has 1 fully saturated rings. The van der Waals surface area contributed by atoms with Crippen LogP contribution in [0, 0.1) is 0 Å². The molecular formula is C19H20N2O4. The fraction of sp³-hybridized carbons (Fsp3) is 0.263. The lowest BCUT2D eigenvalue weighted by Crippen LogP contribution is -2.47. The Morgan fingerprint density at radius 1 is 1.00 bits per heavy atom. The molecular weight excluding hydrogens is 320 g/mol. The van der Waals surface area contributed by atoms with Crippen molar-refractivity contribution in [3.8, 4) is 11.5 Å². The summed E-state index contributed by atoms with van der Waals surface area (Å²) in [5, 5.41) is 12.6. The molecule has 2 amide bonds. The molecule has 6 nitrogen and oxygen atoms in total. The first-order valence-electron chi connectivity index (χ1n) is 8.24. The van der Waals surface area contributed by atoms with Gasteiger partial charge in [0.2, 0.25) is 0 Å². The van der Waals surface area contributed by atoms with Gasteiger partial charge in [-0.15, -0.1) is 0 Å². The Labute approximate surface area is 146 Å². The van der Waals surface area contributed by atoms with Crippen molar-refractivity contribution in [2.75, 3.05) is 13.1 Å². The molecule has 0 bridgehead atoms. The number of benzene rings is 2. The first-order chi connectivity index (χ1) is 12.1. The average molecular weight is 340 g/mol. The van der Waals surface area contributed by atoms with Gasteiger partial charge >= 0.3 is 6.09 Å². The lowest BCUT2D eigenvalue weighted by molar-refractivity contribution is 0.0703. The van der Waals surface area contributed by atoms with E-state index in [1.807, 2.05) is 6.07 Å². The van der Waals surface area contributed by atoms with Crippen LogP contribution in [0.2, 0.25) is 0 Å². The van der Waals surface area contributed by atoms with E-state index in [0.29, 0.717) is 37.2 Å². The molecule has 25 heavy (non-hydrogen) atoms. The van der Waals surface area contributed by atoms with Crippen LogP contribution in [-0.2, 0) is 0 Å². The second kappa shape index (κ2) is 7.70. The van der Waals surface area contributed by atoms with E-state index in [4.69, 9.17) is 4.74 Å². The summed E-state index contributed by atoms with van der Waals surface area (Å²) in [5.41, 5.74) is 0.303. The van der Waals surface area contributed by atoms with Crippen LogP contribution in [0.5, 0.6) is 11.5 Å². The number of ether oxygens (including phenoxy) is 1. The van der Waals surface area contributed by atoms with Crippen molar-refractivity contribution in [2.45, 2.75) is 18.9 Å². The van der Waals surface area contributed by atoms with Crippen LogP contribution in [0.1, 0.15) is 23.2 Å². The van der Waals surface area contributed by atoms with Gasteiger partial charge in [-0.3, -0.25) is 4.79 Å². The number of hydrogen-bond acceptors (Lipinski definition) is 4. The minimum Gasteiger partial charge on any atom is -0.507 e. The molecule has 0 atom stereocenters. The van der Waals surface area contributed by atoms with Gasteiger partial charge in [0.05, 0.1) is 5.56 Å². The van der Waals surface area contributed by atoms with E-state index in [2.05, 4.69) is 5.32 Å². The van der Waals surface area contributed by atoms with Gasteiger partial charge in [-0.25, -0.2) is 4.79 Å². The first-order valence-corrected chi connectivity index (χ1v) is 8.24. The highest BCUT2D eigenvalue weighted by Crippen LogP contribution is 2.20. The average Bonchev–Trinajstić information content (AvgIpc) is 2.63. The molecule has 6 heteroatoms. The van der Waals surface area contributed by atoms with Crippen LogP contribution in [0.25, 0.3) is 0 Å². The summed E-state index contributed by atoms with van der Waals surface area (Å²) in [4.78, 5) is 26.1. The van der Waals surface area contributed by atoms with Gasteiger partial charge in [0.25, 0.3) is 5.91 Å². The third kappa shape index (κ3) is 4.29. The molecule has 0 aromatic heterocycles. The van der Waals surface area contributed by atoms with Crippen molar-refractivity contribution in [3.05, 3.63) is 60.2 Å². The molecule has 0 saturated carbocycles. The normalized spacial score (nSPS) is 14.8. The highest BCUT2D eigenvalue weighted by molar-refractivity contribution is 5.96. The van der Waals surface area contributed by atoms with Crippen LogP contribution in [-0.4, -0.2) is 41.1 Å². The topological polar surface area (TPSA) is 78.9 Å². The molecule has 2 aromatic carbocycles. The van der Waals surface area contributed by atoms with Crippen molar-refractivity contribution < 1.29 is 19.4 Å². The maximum absolute atomic E-state index is 12.4. The summed E-state index contributed by atoms with van der Waals surface area (Å²) in [6, 6.07) is 15.4. The number of hydrogen-bond donors (Lipinski definition) is 2. The number of aromatic hydroxyl groups is 1. The molecule has 130 valence electrons. The number of carbonyl (C=O) groups is 2. The van der Waals surface area contributed by atoms with Crippen molar-refractivity contribution in [1.29, 1.82) is 0 Å². The van der Waals surface area contributed by atoms with Crippen LogP contribution in [0.4, 0.5) is 4.79 Å². The Morgan fingerprint density at radius 3 is 2.32 bits per heavy atom. The Kier molecular flexibility index (Phi) is 5.18. The molecule has 1 aliphatic heterocycles. The third-order valence-electron chi connectivity index (χ3n) is 4.19. The Bertz CT molecular complexity index is 740. The molecule has 1 heterocycles. The predicted octanol–water partition coefficient (Wildman–Crippen LogP) is 2.79. The van der Waals surface area contributed by atoms with E-state index < -0.39 is 6.09 Å². The third-order valence-corrected chi connectivity index (χ3v) is 4.19. The van der Waals surface area contributed by atoms with E-state index in [1.165, 1.54) is 6.07 Å². The summed E-state index contributed by atoms with van der Waals surface area (Å²) < 4.78 is 5.21. The molecule has 3 rings (SSSR count). The van der Waals surface area contributed by atoms with Crippen LogP contribution >= 0.6 is 0 Å². The number of amides is 2. The van der Waals surface area contributed by atoms with Crippen LogP contribution < -0.4 is 10.1 Å². The number of nitrogens with one attached hydrogen (secondary N) is 1. The molecule has 1 aliphatic rings. The number of para-hydroxylation sites is 2. The Hall–Kier alpha value is -3.02. The van der Waals surface area contributed by atoms with Crippen molar-refractivity contribution >= 4 is 12.0 Å². The summed E-state index contributed by atoms with van der Waals surface area (Å²) in [6.07, 6.45) is 0.795. The summed E-state index contributed by atoms with van der Waals surface area (Å²) in [7, 11) is 0. The maximum atomic E-state index is 12.4. The minimum absolute atomic E-state index is 0.0146. The molecule has 0 unspecified atom stereocenters. The Balaban J connectivity index is 1.49. The monoisotopic (exact) mass is 340 g/mol. The largest absolute Gasteiger partial charge is 0.507 e. The lowest BCUT2D eigenvalue weighted by Gasteiger charge is -2.32. The van der Waals surface area contributed by atoms with E-state index in [0.717, 1.165) is 0 Å². The smallest absolute Gasteiger partial charge is 0.412 e. The highest BCUT2D eigenvalue weighted by atomic mass is 16.6. The summed E-state index contributed by atoms with van der Waals surface area (Å²) >= 11 is 0. The molecule has 2 aromatic rings. The van der Waals surface area contributed by atoms with Gasteiger partial charge in [0.15, 0.2) is 0 Å². The molecule has 0 radical (unpaired) electrons. The van der Waals surface area contributed by atoms with Gasteiger partial charge < -0.3 is 20.1 Å². The quantitative estimate of drug-likeness (QED) is 0.900. The van der Waals surface area contributed by atoms with Gasteiger partial charge in [0, 0.05) is 19.1 Å². The number of phenolic OH excluding ortho intramolecular Hbond substituents is 1. The summed E-state index contributed by atoms with van der Waals surface area (Å²) in [5.74, 6) is 0.287. The minimum atomic E-state index is -0.489. The van der Waals surface area contributed by atoms with Crippen LogP contribution in [0.15, 0.2) is 54.6 Å². The van der Waals surface area contributed by atoms with Gasteiger partial charge in [-0.05, 0) is 37.1 Å². The number of rotatable bonds is 3. The van der Waals surface area contributed by atoms with Crippen LogP contribution in [0.3, 0.4) is 0 Å². The van der Waals surface area contributed by atoms with E-state index in [-0.39, 0.29) is 17.7 Å². The number of nitrogens with zero attached hydrogens (tertiary/aromatic N) is 1. The van der Waals surface area contributed by atoms with Gasteiger partial charge in [-0.1, -0.05) is 30.3 Å². The summed E-state index contributed by atoms with van der Waals surface area (Å²) in [6.45, 7) is 1.03. The SMILES string of the molecule is O=C(NC1CCN(C(=O)c2ccccc2O)CC1)Oc1ccccc1. The number of piperidine rings is 1. The van der Waals surface area contributed by atoms with Gasteiger partial charge in [-0.2, -0.15) is 0 Å². The second-order valence-electron chi connectivity index (χ2n) is 5.93. The molecule has 1 saturated heterocycles. The molecule has 0 spiro atoms. The Morgan fingerprint density at radius 2 is 1.64 bits per heavy atom. The van der Waals surface area contributed by atoms with Crippen molar-refractivity contribution in [2.24, 2.45) is 0 Å². The lowest BCUT2D eigenvalue weighted by atomic mass is 10.0. The van der Waals surface area contributed by atoms with Gasteiger partial charge in [0.1, 0.15) is 11.5 Å². The molecule has 2 N–H and O–H groups in total. The zero-order valence-electron chi connectivity index (χ0n) is 13.7. The zero-order valence-corrected chi connectivity index (χ0v) is 13.7. The van der Waals surface area contributed by atoms with Crippen molar-refractivity contribution in [3.63, 3.8) is 0 Å². The number of likely N-dealkylation sites (tertiary alicyclic amines) is 1. The maximum Gasteiger partial charge on any atom is 0.412 e. The van der Waals surface area contributed by atoms with E-state index in [9.17, 15) is 14.7 Å². The fourth-order valence-corrected chi connectivity index (χ4v) is 2.84. The second-order valence-corrected chi connectivity index (χ2v) is 5.93. The molecule has 0 aliphatic carbocycles. The predicted molar refractivity (Wildman–Crippen MR) is 92.6 cm³/mol. The fourth-order valence-electron chi connectivity index (χ4n) is 2.84. The number of carbonyl (C=O) groups excluding carboxylic acids is 2. The van der Waals surface area contributed by atoms with E-state index >= 15 is 0 Å². The van der Waals surface area contributed by atoms with E-state index in [1.54, 1.807) is 47.4 Å². The number of phenols is 1.